The fourth-order valence-electron chi connectivity index (χ4n) is 1.76. The number of hydrogen-bond donors (Lipinski definition) is 5. The number of ketones is 1. The molecule has 1 aliphatic heterocycles. The van der Waals surface area contributed by atoms with E-state index < -0.39 is 55.1 Å². The lowest BCUT2D eigenvalue weighted by molar-refractivity contribution is -0.298. The number of aliphatic hydroxyl groups is 3. The number of aliphatic hydroxyl groups excluding tert-OH is 2. The lowest BCUT2D eigenvalue weighted by Gasteiger charge is -2.45. The van der Waals surface area contributed by atoms with Gasteiger partial charge in [-0.25, -0.2) is 4.79 Å². The Morgan fingerprint density at radius 2 is 1.95 bits per heavy atom. The molecule has 1 heterocycles. The zero-order valence-electron chi connectivity index (χ0n) is 10.2. The van der Waals surface area contributed by atoms with Crippen LogP contribution in [0.3, 0.4) is 0 Å². The molecule has 6 N–H and O–H groups in total. The first kappa shape index (κ1) is 16.0. The van der Waals surface area contributed by atoms with Crippen LogP contribution in [0.4, 0.5) is 0 Å². The van der Waals surface area contributed by atoms with Gasteiger partial charge in [0.15, 0.2) is 5.78 Å². The predicted octanol–water partition coefficient (Wildman–Crippen LogP) is -3.19. The van der Waals surface area contributed by atoms with Crippen LogP contribution >= 0.6 is 0 Å². The lowest BCUT2D eigenvalue weighted by Crippen LogP contribution is -2.70. The predicted molar refractivity (Wildman–Crippen MR) is 58.9 cm³/mol. The van der Waals surface area contributed by atoms with E-state index in [0.29, 0.717) is 0 Å². The van der Waals surface area contributed by atoms with Crippen molar-refractivity contribution in [1.82, 2.24) is 0 Å². The van der Waals surface area contributed by atoms with E-state index in [-0.39, 0.29) is 0 Å². The maximum Gasteiger partial charge on any atom is 0.329 e. The average molecular weight is 279 g/mol. The molecule has 0 spiro atoms. The average Bonchev–Trinajstić information content (AvgIpc) is 2.32. The largest absolute Gasteiger partial charge is 0.480 e. The van der Waals surface area contributed by atoms with E-state index >= 15 is 0 Å². The van der Waals surface area contributed by atoms with Gasteiger partial charge in [0.2, 0.25) is 5.79 Å². The molecule has 0 aromatic rings. The molecule has 110 valence electrons. The van der Waals surface area contributed by atoms with E-state index in [9.17, 15) is 24.9 Å². The summed E-state index contributed by atoms with van der Waals surface area (Å²) in [7, 11) is 0. The summed E-state index contributed by atoms with van der Waals surface area (Å²) in [5.41, 5.74) is 5.45. The summed E-state index contributed by atoms with van der Waals surface area (Å²) >= 11 is 0. The molecule has 0 radical (unpaired) electrons. The third kappa shape index (κ3) is 3.26. The Balaban J connectivity index is 2.76. The first-order valence-electron chi connectivity index (χ1n) is 5.52. The fourth-order valence-corrected chi connectivity index (χ4v) is 1.76. The minimum atomic E-state index is -2.45. The molecule has 1 aliphatic rings. The molecular weight excluding hydrogens is 262 g/mol. The minimum Gasteiger partial charge on any atom is -0.480 e. The highest BCUT2D eigenvalue weighted by atomic mass is 16.7. The molecule has 1 rings (SSSR count). The number of carbonyl (C=O) groups excluding carboxylic acids is 1. The van der Waals surface area contributed by atoms with Crippen LogP contribution in [-0.4, -0.2) is 75.5 Å². The molecule has 9 nitrogen and oxygen atoms in total. The van der Waals surface area contributed by atoms with Gasteiger partial charge in [-0.1, -0.05) is 0 Å². The molecule has 19 heavy (non-hydrogen) atoms. The van der Waals surface area contributed by atoms with Crippen molar-refractivity contribution in [2.45, 2.75) is 37.1 Å². The van der Waals surface area contributed by atoms with Gasteiger partial charge in [0, 0.05) is 6.92 Å². The molecule has 1 saturated heterocycles. The number of hydrogen-bond acceptors (Lipinski definition) is 8. The van der Waals surface area contributed by atoms with E-state index in [1.807, 2.05) is 0 Å². The molecule has 9 heteroatoms. The first-order valence-corrected chi connectivity index (χ1v) is 5.52. The van der Waals surface area contributed by atoms with Crippen molar-refractivity contribution in [3.8, 4) is 0 Å². The molecule has 1 fully saturated rings. The van der Waals surface area contributed by atoms with Gasteiger partial charge in [-0.2, -0.15) is 0 Å². The second-order valence-corrected chi connectivity index (χ2v) is 4.32. The van der Waals surface area contributed by atoms with Crippen LogP contribution in [0.25, 0.3) is 0 Å². The van der Waals surface area contributed by atoms with Gasteiger partial charge in [-0.15, -0.1) is 0 Å². The number of nitrogens with two attached hydrogens (primary N) is 1. The topological polar surface area (TPSA) is 160 Å². The normalized spacial score (nSPS) is 39.0. The second kappa shape index (κ2) is 5.90. The molecule has 0 aromatic heterocycles. The molecule has 1 unspecified atom stereocenters. The summed E-state index contributed by atoms with van der Waals surface area (Å²) in [5, 5.41) is 37.7. The van der Waals surface area contributed by atoms with Gasteiger partial charge in [0.25, 0.3) is 0 Å². The molecule has 0 amide bonds. The summed E-state index contributed by atoms with van der Waals surface area (Å²) in [6, 6.07) is -1.52. The number of aliphatic carboxylic acids is 1. The van der Waals surface area contributed by atoms with E-state index in [1.54, 1.807) is 0 Å². The van der Waals surface area contributed by atoms with Crippen LogP contribution in [0, 0.1) is 0 Å². The maximum atomic E-state index is 11.3. The van der Waals surface area contributed by atoms with Crippen molar-refractivity contribution in [3.63, 3.8) is 0 Å². The summed E-state index contributed by atoms with van der Waals surface area (Å²) in [6.07, 6.45) is -4.40. The van der Waals surface area contributed by atoms with Gasteiger partial charge in [0.1, 0.15) is 24.9 Å². The van der Waals surface area contributed by atoms with E-state index in [1.165, 1.54) is 0 Å². The number of carbonyl (C=O) groups is 2. The van der Waals surface area contributed by atoms with Crippen molar-refractivity contribution in [2.75, 3.05) is 13.2 Å². The van der Waals surface area contributed by atoms with Crippen LogP contribution in [0.2, 0.25) is 0 Å². The van der Waals surface area contributed by atoms with Crippen LogP contribution in [0.1, 0.15) is 6.92 Å². The third-order valence-corrected chi connectivity index (χ3v) is 2.89. The van der Waals surface area contributed by atoms with Gasteiger partial charge >= 0.3 is 5.97 Å². The van der Waals surface area contributed by atoms with Crippen molar-refractivity contribution in [3.05, 3.63) is 0 Å². The number of ether oxygens (including phenoxy) is 2. The summed E-state index contributed by atoms with van der Waals surface area (Å²) < 4.78 is 9.67. The molecule has 5 atom stereocenters. The van der Waals surface area contributed by atoms with Crippen molar-refractivity contribution < 1.29 is 39.5 Å². The first-order chi connectivity index (χ1) is 8.70. The van der Waals surface area contributed by atoms with E-state index in [0.717, 1.165) is 6.92 Å². The van der Waals surface area contributed by atoms with E-state index in [4.69, 9.17) is 20.3 Å². The number of carboxylic acids is 1. The minimum absolute atomic E-state index is 0.424. The Hall–Kier alpha value is -1.10. The number of carboxylic acid groups (broad SMARTS) is 1. The van der Waals surface area contributed by atoms with Crippen LogP contribution in [0.5, 0.6) is 0 Å². The van der Waals surface area contributed by atoms with Crippen LogP contribution in [-0.2, 0) is 19.1 Å². The van der Waals surface area contributed by atoms with Crippen molar-refractivity contribution >= 4 is 11.8 Å². The zero-order chi connectivity index (χ0) is 14.8. The highest BCUT2D eigenvalue weighted by molar-refractivity contribution is 5.84. The standard InChI is InChI=1S/C10H17NO8/c1-4(12)10(17)9(11)8(16)7(15)5(19-10)2-18-3-6(13)14/h5,7-9,15-17H,2-3,11H2,1H3,(H,13,14)/t5-,7-,8+,9-,10?/m1/s1. The van der Waals surface area contributed by atoms with Gasteiger partial charge in [-0.3, -0.25) is 4.79 Å². The van der Waals surface area contributed by atoms with Crippen LogP contribution in [0.15, 0.2) is 0 Å². The SMILES string of the molecule is CC(=O)C1(O)O[C@H](COCC(=O)O)[C@@H](O)[C@H](O)[C@H]1N. The van der Waals surface area contributed by atoms with Crippen molar-refractivity contribution in [2.24, 2.45) is 5.73 Å². The third-order valence-electron chi connectivity index (χ3n) is 2.89. The van der Waals surface area contributed by atoms with Gasteiger partial charge in [-0.05, 0) is 0 Å². The summed E-state index contributed by atoms with van der Waals surface area (Å²) in [6.45, 7) is -0.0560. The molecule has 0 aromatic carbocycles. The highest BCUT2D eigenvalue weighted by Gasteiger charge is 2.54. The highest BCUT2D eigenvalue weighted by Crippen LogP contribution is 2.27. The van der Waals surface area contributed by atoms with Gasteiger partial charge < -0.3 is 35.6 Å². The molecule has 0 saturated carbocycles. The number of rotatable bonds is 5. The van der Waals surface area contributed by atoms with Crippen molar-refractivity contribution in [1.29, 1.82) is 0 Å². The number of Topliss-reactive ketones (excluding diaryl/α,β-unsaturated/α-hetero) is 1. The Labute approximate surface area is 108 Å². The monoisotopic (exact) mass is 279 g/mol. The smallest absolute Gasteiger partial charge is 0.329 e. The van der Waals surface area contributed by atoms with Crippen LogP contribution < -0.4 is 5.73 Å². The maximum absolute atomic E-state index is 11.3. The summed E-state index contributed by atoms with van der Waals surface area (Å²) in [4.78, 5) is 21.6. The Bertz CT molecular complexity index is 361. The lowest BCUT2D eigenvalue weighted by atomic mass is 9.89. The molecule has 0 bridgehead atoms. The quantitative estimate of drug-likeness (QED) is 0.349. The Morgan fingerprint density at radius 1 is 1.37 bits per heavy atom. The second-order valence-electron chi connectivity index (χ2n) is 4.32. The van der Waals surface area contributed by atoms with E-state index in [2.05, 4.69) is 0 Å². The fraction of sp³-hybridized carbons (Fsp3) is 0.800. The molecule has 0 aliphatic carbocycles. The van der Waals surface area contributed by atoms with Gasteiger partial charge in [0.05, 0.1) is 12.6 Å². The molecular formula is C10H17NO8. The Morgan fingerprint density at radius 3 is 2.42 bits per heavy atom. The Kier molecular flexibility index (Phi) is 4.96. The summed E-state index contributed by atoms with van der Waals surface area (Å²) in [5.74, 6) is -4.52. The zero-order valence-corrected chi connectivity index (χ0v) is 10.2.